The molecule has 1 unspecified atom stereocenters. The maximum Gasteiger partial charge on any atom is 0.276 e. The molecule has 0 radical (unpaired) electrons. The van der Waals surface area contributed by atoms with E-state index in [2.05, 4.69) is 0 Å². The largest absolute Gasteiger partial charge is 0.392 e. The molecule has 1 aliphatic rings. The maximum atomic E-state index is 10.7. The van der Waals surface area contributed by atoms with Crippen molar-refractivity contribution in [3.05, 3.63) is 0 Å². The first kappa shape index (κ1) is 8.92. The number of hydrogen-bond acceptors (Lipinski definition) is 3. The van der Waals surface area contributed by atoms with E-state index in [1.807, 2.05) is 0 Å². The Bertz CT molecular complexity index is 226. The van der Waals surface area contributed by atoms with Crippen molar-refractivity contribution < 1.29 is 13.5 Å². The lowest BCUT2D eigenvalue weighted by atomic mass is 10.1. The van der Waals surface area contributed by atoms with E-state index < -0.39 is 16.3 Å². The van der Waals surface area contributed by atoms with Gasteiger partial charge in [0.15, 0.2) is 0 Å². The van der Waals surface area contributed by atoms with E-state index in [0.717, 1.165) is 4.31 Å². The SMILES string of the molecule is NS(=O)(=O)N1CCCC(O)C1. The second-order valence-corrected chi connectivity index (χ2v) is 4.25. The third kappa shape index (κ3) is 2.41. The maximum absolute atomic E-state index is 10.7. The minimum Gasteiger partial charge on any atom is -0.392 e. The predicted molar refractivity (Wildman–Crippen MR) is 39.9 cm³/mol. The summed E-state index contributed by atoms with van der Waals surface area (Å²) in [4.78, 5) is 0. The number of nitrogens with zero attached hydrogens (tertiary/aromatic N) is 1. The Morgan fingerprint density at radius 2 is 2.18 bits per heavy atom. The van der Waals surface area contributed by atoms with Gasteiger partial charge in [-0.05, 0) is 12.8 Å². The molecule has 1 saturated heterocycles. The molecular formula is C5H12N2O3S. The van der Waals surface area contributed by atoms with Gasteiger partial charge in [-0.15, -0.1) is 0 Å². The van der Waals surface area contributed by atoms with Crippen molar-refractivity contribution in [2.75, 3.05) is 13.1 Å². The number of β-amino-alcohol motifs (C(OH)–C–C–N with tert-alkyl or cyclic N) is 1. The summed E-state index contributed by atoms with van der Waals surface area (Å²) in [6.45, 7) is 0.564. The van der Waals surface area contributed by atoms with E-state index in [1.165, 1.54) is 0 Å². The second kappa shape index (κ2) is 3.06. The number of hydrogen-bond donors (Lipinski definition) is 2. The first-order chi connectivity index (χ1) is 5.00. The quantitative estimate of drug-likeness (QED) is 0.523. The lowest BCUT2D eigenvalue weighted by molar-refractivity contribution is 0.108. The van der Waals surface area contributed by atoms with E-state index >= 15 is 0 Å². The van der Waals surface area contributed by atoms with Crippen LogP contribution in [0.15, 0.2) is 0 Å². The van der Waals surface area contributed by atoms with Gasteiger partial charge in [0.2, 0.25) is 0 Å². The number of nitrogens with two attached hydrogens (primary N) is 1. The van der Waals surface area contributed by atoms with Crippen LogP contribution in [-0.4, -0.2) is 37.0 Å². The van der Waals surface area contributed by atoms with Crippen LogP contribution in [0.4, 0.5) is 0 Å². The Hall–Kier alpha value is -0.170. The molecule has 66 valence electrons. The Balaban J connectivity index is 2.60. The number of piperidine rings is 1. The smallest absolute Gasteiger partial charge is 0.276 e. The second-order valence-electron chi connectivity index (χ2n) is 2.70. The Kier molecular flexibility index (Phi) is 2.48. The molecular weight excluding hydrogens is 168 g/mol. The molecule has 1 aliphatic heterocycles. The average molecular weight is 180 g/mol. The summed E-state index contributed by atoms with van der Waals surface area (Å²) in [6, 6.07) is 0. The Morgan fingerprint density at radius 3 is 2.55 bits per heavy atom. The van der Waals surface area contributed by atoms with Gasteiger partial charge in [0.05, 0.1) is 6.10 Å². The van der Waals surface area contributed by atoms with Crippen LogP contribution in [0.5, 0.6) is 0 Å². The molecule has 6 heteroatoms. The lowest BCUT2D eigenvalue weighted by Crippen LogP contribution is -2.45. The predicted octanol–water partition coefficient (Wildman–Crippen LogP) is -1.35. The zero-order chi connectivity index (χ0) is 8.48. The van der Waals surface area contributed by atoms with Crippen molar-refractivity contribution in [3.8, 4) is 0 Å². The Morgan fingerprint density at radius 1 is 1.55 bits per heavy atom. The third-order valence-corrected chi connectivity index (χ3v) is 2.77. The summed E-state index contributed by atoms with van der Waals surface area (Å²) in [7, 11) is -3.59. The van der Waals surface area contributed by atoms with Crippen LogP contribution >= 0.6 is 0 Å². The molecule has 1 fully saturated rings. The van der Waals surface area contributed by atoms with Gasteiger partial charge in [0.25, 0.3) is 10.2 Å². The molecule has 5 nitrogen and oxygen atoms in total. The van der Waals surface area contributed by atoms with Crippen LogP contribution in [0.3, 0.4) is 0 Å². The number of rotatable bonds is 1. The molecule has 0 bridgehead atoms. The highest BCUT2D eigenvalue weighted by atomic mass is 32.2. The van der Waals surface area contributed by atoms with Crippen molar-refractivity contribution >= 4 is 10.2 Å². The summed E-state index contributed by atoms with van der Waals surface area (Å²) >= 11 is 0. The molecule has 0 spiro atoms. The van der Waals surface area contributed by atoms with Gasteiger partial charge in [0, 0.05) is 13.1 Å². The van der Waals surface area contributed by atoms with Crippen molar-refractivity contribution in [2.24, 2.45) is 5.14 Å². The van der Waals surface area contributed by atoms with Gasteiger partial charge < -0.3 is 5.11 Å². The molecule has 11 heavy (non-hydrogen) atoms. The van der Waals surface area contributed by atoms with Gasteiger partial charge in [-0.25, -0.2) is 5.14 Å². The van der Waals surface area contributed by atoms with Crippen molar-refractivity contribution in [1.29, 1.82) is 0 Å². The summed E-state index contributed by atoms with van der Waals surface area (Å²) < 4.78 is 22.5. The number of aliphatic hydroxyl groups is 1. The van der Waals surface area contributed by atoms with Crippen LogP contribution in [0.2, 0.25) is 0 Å². The van der Waals surface area contributed by atoms with Crippen molar-refractivity contribution in [2.45, 2.75) is 18.9 Å². The highest BCUT2D eigenvalue weighted by Gasteiger charge is 2.24. The minimum absolute atomic E-state index is 0.138. The number of aliphatic hydroxyl groups excluding tert-OH is 1. The average Bonchev–Trinajstić information content (AvgIpc) is 1.86. The fourth-order valence-electron chi connectivity index (χ4n) is 1.15. The van der Waals surface area contributed by atoms with Gasteiger partial charge in [-0.3, -0.25) is 0 Å². The zero-order valence-electron chi connectivity index (χ0n) is 6.10. The third-order valence-electron chi connectivity index (χ3n) is 1.72. The van der Waals surface area contributed by atoms with E-state index in [-0.39, 0.29) is 6.54 Å². The molecule has 1 rings (SSSR count). The first-order valence-electron chi connectivity index (χ1n) is 3.46. The Labute approximate surface area is 66.0 Å². The molecule has 0 aromatic heterocycles. The van der Waals surface area contributed by atoms with E-state index in [9.17, 15) is 8.42 Å². The van der Waals surface area contributed by atoms with Crippen LogP contribution in [0.1, 0.15) is 12.8 Å². The fraction of sp³-hybridized carbons (Fsp3) is 1.00. The molecule has 1 atom stereocenters. The monoisotopic (exact) mass is 180 g/mol. The van der Waals surface area contributed by atoms with Gasteiger partial charge >= 0.3 is 0 Å². The zero-order valence-corrected chi connectivity index (χ0v) is 6.92. The normalized spacial score (nSPS) is 28.7. The van der Waals surface area contributed by atoms with Crippen LogP contribution in [0, 0.1) is 0 Å². The molecule has 0 aromatic carbocycles. The van der Waals surface area contributed by atoms with E-state index in [1.54, 1.807) is 0 Å². The van der Waals surface area contributed by atoms with Gasteiger partial charge in [-0.1, -0.05) is 0 Å². The summed E-state index contributed by atoms with van der Waals surface area (Å²) in [6.07, 6.45) is 0.783. The topological polar surface area (TPSA) is 83.6 Å². The standard InChI is InChI=1S/C5H12N2O3S/c6-11(9,10)7-3-1-2-5(8)4-7/h5,8H,1-4H2,(H2,6,9,10). The van der Waals surface area contributed by atoms with Crippen molar-refractivity contribution in [3.63, 3.8) is 0 Å². The first-order valence-corrected chi connectivity index (χ1v) is 4.96. The highest BCUT2D eigenvalue weighted by Crippen LogP contribution is 2.10. The van der Waals surface area contributed by atoms with E-state index in [0.29, 0.717) is 19.4 Å². The summed E-state index contributed by atoms with van der Waals surface area (Å²) in [5, 5.41) is 13.9. The van der Waals surface area contributed by atoms with Crippen LogP contribution in [0.25, 0.3) is 0 Å². The van der Waals surface area contributed by atoms with Crippen LogP contribution < -0.4 is 5.14 Å². The lowest BCUT2D eigenvalue weighted by Gasteiger charge is -2.27. The van der Waals surface area contributed by atoms with Gasteiger partial charge in [-0.2, -0.15) is 12.7 Å². The van der Waals surface area contributed by atoms with Crippen molar-refractivity contribution in [1.82, 2.24) is 4.31 Å². The van der Waals surface area contributed by atoms with Gasteiger partial charge in [0.1, 0.15) is 0 Å². The highest BCUT2D eigenvalue weighted by molar-refractivity contribution is 7.86. The van der Waals surface area contributed by atoms with Crippen LogP contribution in [-0.2, 0) is 10.2 Å². The molecule has 0 amide bonds. The van der Waals surface area contributed by atoms with E-state index in [4.69, 9.17) is 10.2 Å². The molecule has 0 aliphatic carbocycles. The molecule has 3 N–H and O–H groups in total. The minimum atomic E-state index is -3.59. The summed E-state index contributed by atoms with van der Waals surface area (Å²) in [5.74, 6) is 0. The summed E-state index contributed by atoms with van der Waals surface area (Å²) in [5.41, 5.74) is 0. The fourth-order valence-corrected chi connectivity index (χ4v) is 1.92. The molecule has 0 saturated carbocycles. The molecule has 1 heterocycles. The molecule has 0 aromatic rings.